The molecule has 9 nitrogen and oxygen atoms in total. The number of carbonyl (C=O) groups excluding carboxylic acids is 2. The Morgan fingerprint density at radius 3 is 2.34 bits per heavy atom. The number of nitrogens with one attached hydrogen (secondary N) is 1. The summed E-state index contributed by atoms with van der Waals surface area (Å²) in [6.07, 6.45) is 0.750. The van der Waals surface area contributed by atoms with Gasteiger partial charge in [0.05, 0.1) is 24.3 Å². The van der Waals surface area contributed by atoms with E-state index in [1.165, 1.54) is 35.7 Å². The molecule has 2 amide bonds. The van der Waals surface area contributed by atoms with E-state index in [0.29, 0.717) is 36.6 Å². The molecule has 1 saturated heterocycles. The highest BCUT2D eigenvalue weighted by Gasteiger charge is 2.32. The number of ether oxygens (including phenoxy) is 2. The maximum Gasteiger partial charge on any atom is 0.248 e. The highest BCUT2D eigenvalue weighted by atomic mass is 32.2. The van der Waals surface area contributed by atoms with Crippen molar-refractivity contribution in [3.63, 3.8) is 0 Å². The Kier molecular flexibility index (Phi) is 7.37. The van der Waals surface area contributed by atoms with E-state index in [2.05, 4.69) is 5.32 Å². The number of nitrogens with zero attached hydrogens (tertiary/aromatic N) is 1. The largest absolute Gasteiger partial charge is 0.495 e. The number of amides is 2. The molecule has 1 heterocycles. The molecular formula is C22H27N3O6S. The van der Waals surface area contributed by atoms with Gasteiger partial charge in [-0.25, -0.2) is 8.42 Å². The molecule has 10 heteroatoms. The lowest BCUT2D eigenvalue weighted by Gasteiger charge is -2.30. The van der Waals surface area contributed by atoms with Gasteiger partial charge in [-0.2, -0.15) is 4.31 Å². The number of methoxy groups -OCH3 is 1. The molecule has 2 aromatic rings. The lowest BCUT2D eigenvalue weighted by molar-refractivity contribution is -0.120. The number of benzene rings is 2. The standard InChI is InChI=1S/C22H27N3O6S/c1-3-31-17-5-7-18(8-6-17)32(28,29)25-12-10-15(11-13-25)22(27)24-19-14-16(21(23)26)4-9-20(19)30-2/h4-9,14-15H,3,10-13H2,1-2H3,(H2,23,26)(H,24,27). The maximum atomic E-state index is 12.9. The Balaban J connectivity index is 1.64. The summed E-state index contributed by atoms with van der Waals surface area (Å²) in [6, 6.07) is 10.8. The van der Waals surface area contributed by atoms with Gasteiger partial charge in [-0.3, -0.25) is 9.59 Å². The van der Waals surface area contributed by atoms with E-state index in [1.807, 2.05) is 6.92 Å². The number of carbonyl (C=O) groups is 2. The first-order valence-electron chi connectivity index (χ1n) is 10.3. The van der Waals surface area contributed by atoms with Crippen LogP contribution < -0.4 is 20.5 Å². The van der Waals surface area contributed by atoms with Crippen LogP contribution in [-0.2, 0) is 14.8 Å². The van der Waals surface area contributed by atoms with Crippen molar-refractivity contribution in [2.24, 2.45) is 11.7 Å². The summed E-state index contributed by atoms with van der Waals surface area (Å²) >= 11 is 0. The SMILES string of the molecule is CCOc1ccc(S(=O)(=O)N2CCC(C(=O)Nc3cc(C(N)=O)ccc3OC)CC2)cc1. The van der Waals surface area contributed by atoms with Crippen LogP contribution in [0.3, 0.4) is 0 Å². The Bertz CT molecular complexity index is 1080. The molecule has 3 rings (SSSR count). The number of primary amides is 1. The fourth-order valence-corrected chi connectivity index (χ4v) is 5.05. The van der Waals surface area contributed by atoms with Gasteiger partial charge in [0.25, 0.3) is 0 Å². The van der Waals surface area contributed by atoms with E-state index >= 15 is 0 Å². The van der Waals surface area contributed by atoms with Gasteiger partial charge in [0.1, 0.15) is 11.5 Å². The predicted molar refractivity (Wildman–Crippen MR) is 119 cm³/mol. The maximum absolute atomic E-state index is 12.9. The van der Waals surface area contributed by atoms with Crippen LogP contribution in [0.2, 0.25) is 0 Å². The zero-order chi connectivity index (χ0) is 23.3. The number of hydrogen-bond donors (Lipinski definition) is 2. The van der Waals surface area contributed by atoms with Crippen molar-refractivity contribution in [3.8, 4) is 11.5 Å². The number of nitrogens with two attached hydrogens (primary N) is 1. The van der Waals surface area contributed by atoms with Gasteiger partial charge in [-0.15, -0.1) is 0 Å². The highest BCUT2D eigenvalue weighted by molar-refractivity contribution is 7.89. The molecule has 172 valence electrons. The fourth-order valence-electron chi connectivity index (χ4n) is 3.58. The summed E-state index contributed by atoms with van der Waals surface area (Å²) in [5.74, 6) is -0.237. The number of hydrogen-bond acceptors (Lipinski definition) is 6. The first kappa shape index (κ1) is 23.6. The molecule has 0 bridgehead atoms. The topological polar surface area (TPSA) is 128 Å². The molecule has 0 saturated carbocycles. The van der Waals surface area contributed by atoms with Crippen LogP contribution in [-0.4, -0.2) is 51.3 Å². The van der Waals surface area contributed by atoms with Crippen LogP contribution in [0.4, 0.5) is 5.69 Å². The minimum Gasteiger partial charge on any atom is -0.495 e. The van der Waals surface area contributed by atoms with E-state index in [4.69, 9.17) is 15.2 Å². The van der Waals surface area contributed by atoms with Gasteiger partial charge in [0.15, 0.2) is 0 Å². The second-order valence-corrected chi connectivity index (χ2v) is 9.29. The summed E-state index contributed by atoms with van der Waals surface area (Å²) in [6.45, 7) is 2.81. The third kappa shape index (κ3) is 5.20. The van der Waals surface area contributed by atoms with Crippen molar-refractivity contribution in [3.05, 3.63) is 48.0 Å². The molecule has 1 fully saturated rings. The van der Waals surface area contributed by atoms with E-state index in [1.54, 1.807) is 18.2 Å². The van der Waals surface area contributed by atoms with Crippen molar-refractivity contribution in [2.75, 3.05) is 32.1 Å². The van der Waals surface area contributed by atoms with Gasteiger partial charge in [-0.05, 0) is 62.2 Å². The molecule has 0 unspecified atom stereocenters. The van der Waals surface area contributed by atoms with E-state index < -0.39 is 15.9 Å². The van der Waals surface area contributed by atoms with Crippen molar-refractivity contribution < 1.29 is 27.5 Å². The number of anilines is 1. The van der Waals surface area contributed by atoms with E-state index in [0.717, 1.165) is 0 Å². The minimum atomic E-state index is -3.65. The second-order valence-electron chi connectivity index (χ2n) is 7.35. The average Bonchev–Trinajstić information content (AvgIpc) is 2.79. The summed E-state index contributed by atoms with van der Waals surface area (Å²) in [7, 11) is -2.20. The lowest BCUT2D eigenvalue weighted by Crippen LogP contribution is -2.41. The molecule has 0 aliphatic carbocycles. The van der Waals surface area contributed by atoms with Crippen molar-refractivity contribution in [1.29, 1.82) is 0 Å². The molecule has 32 heavy (non-hydrogen) atoms. The Labute approximate surface area is 187 Å². The van der Waals surface area contributed by atoms with Crippen LogP contribution >= 0.6 is 0 Å². The van der Waals surface area contributed by atoms with Gasteiger partial charge >= 0.3 is 0 Å². The lowest BCUT2D eigenvalue weighted by atomic mass is 9.97. The van der Waals surface area contributed by atoms with Gasteiger partial charge < -0.3 is 20.5 Å². The number of sulfonamides is 1. The molecule has 1 aliphatic rings. The minimum absolute atomic E-state index is 0.192. The van der Waals surface area contributed by atoms with E-state index in [9.17, 15) is 18.0 Å². The monoisotopic (exact) mass is 461 g/mol. The number of piperidine rings is 1. The molecule has 1 aliphatic heterocycles. The molecule has 0 spiro atoms. The van der Waals surface area contributed by atoms with Crippen LogP contribution in [0.25, 0.3) is 0 Å². The zero-order valence-corrected chi connectivity index (χ0v) is 18.9. The first-order valence-corrected chi connectivity index (χ1v) is 11.7. The fraction of sp³-hybridized carbons (Fsp3) is 0.364. The van der Waals surface area contributed by atoms with Crippen molar-refractivity contribution in [2.45, 2.75) is 24.7 Å². The van der Waals surface area contributed by atoms with Crippen LogP contribution in [0.15, 0.2) is 47.4 Å². The molecule has 0 atom stereocenters. The number of rotatable bonds is 8. The Hall–Kier alpha value is -3.11. The summed E-state index contributed by atoms with van der Waals surface area (Å²) < 4.78 is 37.9. The van der Waals surface area contributed by atoms with Gasteiger partial charge in [-0.1, -0.05) is 0 Å². The highest BCUT2D eigenvalue weighted by Crippen LogP contribution is 2.29. The van der Waals surface area contributed by atoms with E-state index in [-0.39, 0.29) is 35.4 Å². The molecular weight excluding hydrogens is 434 g/mol. The summed E-state index contributed by atoms with van der Waals surface area (Å²) in [4.78, 5) is 24.4. The van der Waals surface area contributed by atoms with Crippen molar-refractivity contribution >= 4 is 27.5 Å². The molecule has 3 N–H and O–H groups in total. The van der Waals surface area contributed by atoms with Crippen LogP contribution in [0.1, 0.15) is 30.1 Å². The second kappa shape index (κ2) is 10.0. The molecule has 0 radical (unpaired) electrons. The Morgan fingerprint density at radius 1 is 1.12 bits per heavy atom. The predicted octanol–water partition coefficient (Wildman–Crippen LogP) is 2.23. The third-order valence-electron chi connectivity index (χ3n) is 5.34. The Morgan fingerprint density at radius 2 is 1.78 bits per heavy atom. The quantitative estimate of drug-likeness (QED) is 0.620. The normalized spacial score (nSPS) is 15.2. The van der Waals surface area contributed by atoms with Crippen LogP contribution in [0, 0.1) is 5.92 Å². The van der Waals surface area contributed by atoms with Crippen LogP contribution in [0.5, 0.6) is 11.5 Å². The zero-order valence-electron chi connectivity index (χ0n) is 18.0. The van der Waals surface area contributed by atoms with Gasteiger partial charge in [0, 0.05) is 24.6 Å². The average molecular weight is 462 g/mol. The van der Waals surface area contributed by atoms with Gasteiger partial charge in [0.2, 0.25) is 21.8 Å². The summed E-state index contributed by atoms with van der Waals surface area (Å²) in [5.41, 5.74) is 5.91. The molecule has 2 aromatic carbocycles. The third-order valence-corrected chi connectivity index (χ3v) is 7.25. The smallest absolute Gasteiger partial charge is 0.248 e. The first-order chi connectivity index (χ1) is 15.3. The molecule has 0 aromatic heterocycles. The summed E-state index contributed by atoms with van der Waals surface area (Å²) in [5, 5.41) is 2.78. The van der Waals surface area contributed by atoms with Crippen molar-refractivity contribution in [1.82, 2.24) is 4.31 Å².